The predicted molar refractivity (Wildman–Crippen MR) is 67.9 cm³/mol. The molecule has 0 radical (unpaired) electrons. The summed E-state index contributed by atoms with van der Waals surface area (Å²) in [6.07, 6.45) is 2.95. The molecule has 2 atom stereocenters. The summed E-state index contributed by atoms with van der Waals surface area (Å²) in [7, 11) is 1.43. The van der Waals surface area contributed by atoms with E-state index in [9.17, 15) is 4.79 Å². The van der Waals surface area contributed by atoms with Crippen LogP contribution in [0.25, 0.3) is 5.57 Å². The molecule has 2 aliphatic heterocycles. The molecule has 2 aliphatic rings. The molecule has 3 heteroatoms. The van der Waals surface area contributed by atoms with Gasteiger partial charge in [0.15, 0.2) is 0 Å². The van der Waals surface area contributed by atoms with E-state index in [1.54, 1.807) is 0 Å². The summed E-state index contributed by atoms with van der Waals surface area (Å²) in [4.78, 5) is 12.0. The Hall–Kier alpha value is -1.61. The highest BCUT2D eigenvalue weighted by atomic mass is 16.5. The van der Waals surface area contributed by atoms with Gasteiger partial charge in [-0.2, -0.15) is 0 Å². The smallest absolute Gasteiger partial charge is 0.336 e. The van der Waals surface area contributed by atoms with Crippen molar-refractivity contribution in [1.82, 2.24) is 0 Å². The Morgan fingerprint density at radius 1 is 1.28 bits per heavy atom. The maximum atomic E-state index is 12.0. The van der Waals surface area contributed by atoms with Crippen molar-refractivity contribution >= 4 is 11.5 Å². The number of ether oxygens (including phenoxy) is 2. The molecule has 18 heavy (non-hydrogen) atoms. The highest BCUT2D eigenvalue weighted by molar-refractivity contribution is 5.99. The maximum Gasteiger partial charge on any atom is 0.336 e. The Balaban J connectivity index is 2.09. The summed E-state index contributed by atoms with van der Waals surface area (Å²) in [5.74, 6) is -0.251. The average molecular weight is 244 g/mol. The Morgan fingerprint density at radius 2 is 2.06 bits per heavy atom. The first kappa shape index (κ1) is 11.5. The minimum atomic E-state index is -0.251. The van der Waals surface area contributed by atoms with E-state index in [1.165, 1.54) is 7.11 Å². The second-order valence-corrected chi connectivity index (χ2v) is 4.78. The van der Waals surface area contributed by atoms with E-state index in [0.29, 0.717) is 0 Å². The highest BCUT2D eigenvalue weighted by Gasteiger charge is 2.39. The largest absolute Gasteiger partial charge is 0.466 e. The molecule has 1 saturated heterocycles. The molecule has 2 unspecified atom stereocenters. The second kappa shape index (κ2) is 4.58. The molecule has 1 fully saturated rings. The summed E-state index contributed by atoms with van der Waals surface area (Å²) in [5, 5.41) is 0. The SMILES string of the molecule is COC(=O)C1=C(c2ccccc2)CC2CCC1O2. The normalized spacial score (nSPS) is 26.3. The van der Waals surface area contributed by atoms with Crippen LogP contribution in [-0.4, -0.2) is 25.3 Å². The number of fused-ring (bicyclic) bond motifs is 2. The number of hydrogen-bond acceptors (Lipinski definition) is 3. The minimum Gasteiger partial charge on any atom is -0.466 e. The summed E-state index contributed by atoms with van der Waals surface area (Å²) in [5.41, 5.74) is 2.93. The van der Waals surface area contributed by atoms with Crippen LogP contribution >= 0.6 is 0 Å². The first-order valence-corrected chi connectivity index (χ1v) is 6.32. The van der Waals surface area contributed by atoms with Crippen LogP contribution in [0, 0.1) is 0 Å². The standard InChI is InChI=1S/C15H16O3/c1-17-15(16)14-12(10-5-3-2-4-6-10)9-11-7-8-13(14)18-11/h2-6,11,13H,7-9H2,1H3. The van der Waals surface area contributed by atoms with Gasteiger partial charge in [0.1, 0.15) is 0 Å². The number of hydrogen-bond donors (Lipinski definition) is 0. The van der Waals surface area contributed by atoms with Crippen molar-refractivity contribution in [1.29, 1.82) is 0 Å². The number of benzene rings is 1. The van der Waals surface area contributed by atoms with Gasteiger partial charge in [-0.25, -0.2) is 4.79 Å². The molecule has 0 aliphatic carbocycles. The van der Waals surface area contributed by atoms with E-state index >= 15 is 0 Å². The summed E-state index contributed by atoms with van der Waals surface area (Å²) in [6, 6.07) is 10.1. The number of methoxy groups -OCH3 is 1. The quantitative estimate of drug-likeness (QED) is 0.750. The number of esters is 1. The summed E-state index contributed by atoms with van der Waals surface area (Å²) in [6.45, 7) is 0. The average Bonchev–Trinajstić information content (AvgIpc) is 2.80. The lowest BCUT2D eigenvalue weighted by Gasteiger charge is -2.26. The van der Waals surface area contributed by atoms with Gasteiger partial charge in [0.25, 0.3) is 0 Å². The molecule has 2 heterocycles. The van der Waals surface area contributed by atoms with Crippen LogP contribution < -0.4 is 0 Å². The minimum absolute atomic E-state index is 0.0774. The van der Waals surface area contributed by atoms with Crippen LogP contribution in [0.4, 0.5) is 0 Å². The summed E-state index contributed by atoms with van der Waals surface area (Å²) < 4.78 is 10.7. The van der Waals surface area contributed by atoms with Gasteiger partial charge < -0.3 is 9.47 Å². The Bertz CT molecular complexity index is 490. The third kappa shape index (κ3) is 1.85. The van der Waals surface area contributed by atoms with Crippen molar-refractivity contribution in [2.75, 3.05) is 7.11 Å². The lowest BCUT2D eigenvalue weighted by Crippen LogP contribution is -2.26. The van der Waals surface area contributed by atoms with Crippen LogP contribution in [0.15, 0.2) is 35.9 Å². The van der Waals surface area contributed by atoms with E-state index in [4.69, 9.17) is 9.47 Å². The molecular weight excluding hydrogens is 228 g/mol. The molecule has 1 aromatic rings. The zero-order valence-electron chi connectivity index (χ0n) is 10.4. The maximum absolute atomic E-state index is 12.0. The molecule has 0 spiro atoms. The molecule has 3 rings (SSSR count). The van der Waals surface area contributed by atoms with Crippen LogP contribution in [0.3, 0.4) is 0 Å². The predicted octanol–water partition coefficient (Wildman–Crippen LogP) is 2.56. The fourth-order valence-corrected chi connectivity index (χ4v) is 2.88. The zero-order chi connectivity index (χ0) is 12.5. The van der Waals surface area contributed by atoms with Gasteiger partial charge in [-0.05, 0) is 30.4 Å². The van der Waals surface area contributed by atoms with Gasteiger partial charge in [-0.1, -0.05) is 30.3 Å². The van der Waals surface area contributed by atoms with Crippen LogP contribution in [0.2, 0.25) is 0 Å². The van der Waals surface area contributed by atoms with E-state index < -0.39 is 0 Å². The van der Waals surface area contributed by atoms with E-state index in [2.05, 4.69) is 0 Å². The summed E-state index contributed by atoms with van der Waals surface area (Å²) >= 11 is 0. The van der Waals surface area contributed by atoms with Gasteiger partial charge in [0.05, 0.1) is 24.9 Å². The van der Waals surface area contributed by atoms with Gasteiger partial charge in [-0.15, -0.1) is 0 Å². The second-order valence-electron chi connectivity index (χ2n) is 4.78. The van der Waals surface area contributed by atoms with Gasteiger partial charge in [-0.3, -0.25) is 0 Å². The van der Waals surface area contributed by atoms with Crippen LogP contribution in [-0.2, 0) is 14.3 Å². The van der Waals surface area contributed by atoms with E-state index in [0.717, 1.165) is 36.0 Å². The van der Waals surface area contributed by atoms with Crippen molar-refractivity contribution in [3.05, 3.63) is 41.5 Å². The fraction of sp³-hybridized carbons (Fsp3) is 0.400. The molecule has 0 aromatic heterocycles. The topological polar surface area (TPSA) is 35.5 Å². The molecule has 0 saturated carbocycles. The Labute approximate surface area is 106 Å². The third-order valence-electron chi connectivity index (χ3n) is 3.71. The number of carbonyl (C=O) groups is 1. The van der Waals surface area contributed by atoms with Gasteiger partial charge in [0.2, 0.25) is 0 Å². The van der Waals surface area contributed by atoms with Crippen molar-refractivity contribution in [2.45, 2.75) is 31.5 Å². The fourth-order valence-electron chi connectivity index (χ4n) is 2.88. The number of carbonyl (C=O) groups excluding carboxylic acids is 1. The van der Waals surface area contributed by atoms with Crippen molar-refractivity contribution in [3.8, 4) is 0 Å². The number of rotatable bonds is 2. The Kier molecular flexibility index (Phi) is 2.92. The lowest BCUT2D eigenvalue weighted by atomic mass is 9.92. The highest BCUT2D eigenvalue weighted by Crippen LogP contribution is 2.41. The van der Waals surface area contributed by atoms with Crippen molar-refractivity contribution in [3.63, 3.8) is 0 Å². The zero-order valence-corrected chi connectivity index (χ0v) is 10.4. The molecule has 1 aromatic carbocycles. The lowest BCUT2D eigenvalue weighted by molar-refractivity contribution is -0.137. The molecule has 0 amide bonds. The first-order chi connectivity index (χ1) is 8.79. The van der Waals surface area contributed by atoms with Crippen molar-refractivity contribution in [2.24, 2.45) is 0 Å². The molecule has 2 bridgehead atoms. The molecule has 94 valence electrons. The first-order valence-electron chi connectivity index (χ1n) is 6.32. The van der Waals surface area contributed by atoms with E-state index in [-0.39, 0.29) is 18.2 Å². The van der Waals surface area contributed by atoms with Crippen molar-refractivity contribution < 1.29 is 14.3 Å². The van der Waals surface area contributed by atoms with Crippen LogP contribution in [0.1, 0.15) is 24.8 Å². The molecule has 0 N–H and O–H groups in total. The van der Waals surface area contributed by atoms with Crippen LogP contribution in [0.5, 0.6) is 0 Å². The third-order valence-corrected chi connectivity index (χ3v) is 3.71. The Morgan fingerprint density at radius 3 is 2.78 bits per heavy atom. The molecule has 3 nitrogen and oxygen atoms in total. The van der Waals surface area contributed by atoms with Gasteiger partial charge in [0, 0.05) is 0 Å². The van der Waals surface area contributed by atoms with E-state index in [1.807, 2.05) is 30.3 Å². The molecular formula is C15H16O3. The monoisotopic (exact) mass is 244 g/mol. The van der Waals surface area contributed by atoms with Gasteiger partial charge >= 0.3 is 5.97 Å².